The van der Waals surface area contributed by atoms with Crippen LogP contribution in [-0.4, -0.2) is 43.0 Å². The highest BCUT2D eigenvalue weighted by atomic mass is 16.5. The van der Waals surface area contributed by atoms with E-state index in [-0.39, 0.29) is 5.78 Å². The molecule has 1 N–H and O–H groups in total. The minimum absolute atomic E-state index is 0.256. The average Bonchev–Trinajstić information content (AvgIpc) is 3.39. The number of carbonyl (C=O) groups excluding carboxylic acids is 2. The molecule has 0 aliphatic rings. The molecule has 4 aromatic rings. The highest BCUT2D eigenvalue weighted by molar-refractivity contribution is 6.11. The van der Waals surface area contributed by atoms with E-state index >= 15 is 0 Å². The van der Waals surface area contributed by atoms with Gasteiger partial charge in [0, 0.05) is 28.6 Å². The second kappa shape index (κ2) is 8.28. The second-order valence-corrected chi connectivity index (χ2v) is 7.11. The quantitative estimate of drug-likeness (QED) is 0.376. The van der Waals surface area contributed by atoms with Gasteiger partial charge in [-0.25, -0.2) is 9.48 Å². The SMILES string of the molecule is Cc1[nH]c2ccccc2c1C(=O)[C@H](C)OC(=O)[C@H](Cc1ccccc1)n1cnnn1. The summed E-state index contributed by atoms with van der Waals surface area (Å²) in [5.41, 5.74) is 3.08. The number of aryl methyl sites for hydroxylation is 1. The predicted octanol–water partition coefficient (Wildman–Crippen LogP) is 3.06. The van der Waals surface area contributed by atoms with Crippen LogP contribution >= 0.6 is 0 Å². The van der Waals surface area contributed by atoms with Gasteiger partial charge in [0.2, 0.25) is 5.78 Å². The molecule has 152 valence electrons. The van der Waals surface area contributed by atoms with Crippen molar-refractivity contribution in [1.82, 2.24) is 25.2 Å². The number of ketones is 1. The van der Waals surface area contributed by atoms with E-state index in [0.717, 1.165) is 22.2 Å². The molecule has 2 aromatic heterocycles. The molecule has 2 atom stereocenters. The molecule has 0 unspecified atom stereocenters. The number of hydrogen-bond acceptors (Lipinski definition) is 6. The van der Waals surface area contributed by atoms with Crippen molar-refractivity contribution in [1.29, 1.82) is 0 Å². The number of carbonyl (C=O) groups is 2. The fourth-order valence-electron chi connectivity index (χ4n) is 3.54. The first kappa shape index (κ1) is 19.5. The third kappa shape index (κ3) is 3.84. The van der Waals surface area contributed by atoms with Crippen LogP contribution in [0, 0.1) is 6.92 Å². The van der Waals surface area contributed by atoms with Crippen LogP contribution in [0.5, 0.6) is 0 Å². The largest absolute Gasteiger partial charge is 0.453 e. The smallest absolute Gasteiger partial charge is 0.332 e. The zero-order chi connectivity index (χ0) is 21.1. The van der Waals surface area contributed by atoms with Crippen molar-refractivity contribution >= 4 is 22.7 Å². The Kier molecular flexibility index (Phi) is 5.38. The molecule has 0 aliphatic carbocycles. The normalized spacial score (nSPS) is 13.1. The van der Waals surface area contributed by atoms with E-state index in [1.807, 2.05) is 61.5 Å². The average molecular weight is 403 g/mol. The number of para-hydroxylation sites is 1. The van der Waals surface area contributed by atoms with E-state index in [4.69, 9.17) is 4.74 Å². The summed E-state index contributed by atoms with van der Waals surface area (Å²) in [6, 6.07) is 16.3. The number of hydrogen-bond donors (Lipinski definition) is 1. The first-order valence-corrected chi connectivity index (χ1v) is 9.63. The lowest BCUT2D eigenvalue weighted by molar-refractivity contribution is -0.150. The van der Waals surface area contributed by atoms with Gasteiger partial charge in [-0.3, -0.25) is 4.79 Å². The standard InChI is InChI=1S/C22H21N5O3/c1-14-20(17-10-6-7-11-18(17)24-14)21(28)15(2)30-22(29)19(27-13-23-25-26-27)12-16-8-4-3-5-9-16/h3-11,13,15,19,24H,12H2,1-2H3/t15-,19-/m0/s1. The minimum atomic E-state index is -0.954. The lowest BCUT2D eigenvalue weighted by Gasteiger charge is -2.19. The minimum Gasteiger partial charge on any atom is -0.453 e. The highest BCUT2D eigenvalue weighted by Crippen LogP contribution is 2.24. The molecular formula is C22H21N5O3. The van der Waals surface area contributed by atoms with Crippen molar-refractivity contribution < 1.29 is 14.3 Å². The van der Waals surface area contributed by atoms with Crippen molar-refractivity contribution in [3.63, 3.8) is 0 Å². The number of ether oxygens (including phenoxy) is 1. The van der Waals surface area contributed by atoms with Gasteiger partial charge in [-0.1, -0.05) is 48.5 Å². The van der Waals surface area contributed by atoms with Crippen molar-refractivity contribution in [2.45, 2.75) is 32.4 Å². The Hall–Kier alpha value is -3.81. The number of aromatic nitrogens is 5. The van der Waals surface area contributed by atoms with E-state index in [0.29, 0.717) is 12.0 Å². The Morgan fingerprint density at radius 3 is 2.57 bits per heavy atom. The highest BCUT2D eigenvalue weighted by Gasteiger charge is 2.29. The van der Waals surface area contributed by atoms with Crippen molar-refractivity contribution in [3.05, 3.63) is 77.7 Å². The number of fused-ring (bicyclic) bond motifs is 1. The number of esters is 1. The molecular weight excluding hydrogens is 382 g/mol. The molecule has 0 saturated carbocycles. The topological polar surface area (TPSA) is 103 Å². The van der Waals surface area contributed by atoms with Gasteiger partial charge in [0.15, 0.2) is 12.1 Å². The van der Waals surface area contributed by atoms with Gasteiger partial charge in [0.25, 0.3) is 0 Å². The van der Waals surface area contributed by atoms with Gasteiger partial charge in [-0.2, -0.15) is 0 Å². The number of Topliss-reactive ketones (excluding diaryl/α,β-unsaturated/α-hetero) is 1. The van der Waals surface area contributed by atoms with Gasteiger partial charge in [0.1, 0.15) is 6.33 Å². The number of benzene rings is 2. The van der Waals surface area contributed by atoms with Gasteiger partial charge >= 0.3 is 5.97 Å². The van der Waals surface area contributed by atoms with Crippen molar-refractivity contribution in [2.75, 3.05) is 0 Å². The predicted molar refractivity (Wildman–Crippen MR) is 110 cm³/mol. The summed E-state index contributed by atoms with van der Waals surface area (Å²) in [5.74, 6) is -0.821. The Morgan fingerprint density at radius 1 is 1.10 bits per heavy atom. The lowest BCUT2D eigenvalue weighted by atomic mass is 10.0. The Balaban J connectivity index is 1.55. The summed E-state index contributed by atoms with van der Waals surface area (Å²) >= 11 is 0. The third-order valence-electron chi connectivity index (χ3n) is 5.03. The van der Waals surface area contributed by atoms with Crippen LogP contribution in [0.4, 0.5) is 0 Å². The van der Waals surface area contributed by atoms with Gasteiger partial charge in [0.05, 0.1) is 0 Å². The van der Waals surface area contributed by atoms with E-state index in [1.165, 1.54) is 11.0 Å². The van der Waals surface area contributed by atoms with E-state index < -0.39 is 18.1 Å². The molecule has 2 heterocycles. The molecule has 0 spiro atoms. The molecule has 0 bridgehead atoms. The van der Waals surface area contributed by atoms with Crippen LogP contribution in [0.15, 0.2) is 60.9 Å². The van der Waals surface area contributed by atoms with E-state index in [9.17, 15) is 9.59 Å². The maximum Gasteiger partial charge on any atom is 0.332 e. The summed E-state index contributed by atoms with van der Waals surface area (Å²) in [6.07, 6.45) is 0.758. The van der Waals surface area contributed by atoms with Gasteiger partial charge in [-0.05, 0) is 35.9 Å². The van der Waals surface area contributed by atoms with Crippen LogP contribution in [0.3, 0.4) is 0 Å². The maximum absolute atomic E-state index is 13.1. The molecule has 30 heavy (non-hydrogen) atoms. The Morgan fingerprint density at radius 2 is 1.83 bits per heavy atom. The number of tetrazole rings is 1. The van der Waals surface area contributed by atoms with Gasteiger partial charge < -0.3 is 9.72 Å². The number of nitrogens with zero attached hydrogens (tertiary/aromatic N) is 4. The monoisotopic (exact) mass is 403 g/mol. The summed E-state index contributed by atoms with van der Waals surface area (Å²) in [6.45, 7) is 3.42. The molecule has 0 aliphatic heterocycles. The first-order chi connectivity index (χ1) is 14.5. The molecule has 8 heteroatoms. The number of H-pyrrole nitrogens is 1. The first-order valence-electron chi connectivity index (χ1n) is 9.63. The van der Waals surface area contributed by atoms with Crippen LogP contribution in [0.25, 0.3) is 10.9 Å². The van der Waals surface area contributed by atoms with Crippen molar-refractivity contribution in [2.24, 2.45) is 0 Å². The summed E-state index contributed by atoms with van der Waals surface area (Å²) < 4.78 is 6.93. The third-order valence-corrected chi connectivity index (χ3v) is 5.03. The van der Waals surface area contributed by atoms with Crippen LogP contribution in [0.1, 0.15) is 34.6 Å². The molecule has 0 amide bonds. The molecule has 4 rings (SSSR count). The number of aromatic amines is 1. The Labute approximate surface area is 172 Å². The van der Waals surface area contributed by atoms with Crippen LogP contribution in [0.2, 0.25) is 0 Å². The summed E-state index contributed by atoms with van der Waals surface area (Å²) in [5, 5.41) is 11.9. The molecule has 0 fully saturated rings. The molecule has 8 nitrogen and oxygen atoms in total. The summed E-state index contributed by atoms with van der Waals surface area (Å²) in [4.78, 5) is 29.3. The van der Waals surface area contributed by atoms with Crippen LogP contribution in [-0.2, 0) is 16.0 Å². The van der Waals surface area contributed by atoms with E-state index in [2.05, 4.69) is 20.5 Å². The molecule has 2 aromatic carbocycles. The number of rotatable bonds is 7. The zero-order valence-electron chi connectivity index (χ0n) is 16.6. The Bertz CT molecular complexity index is 1170. The fraction of sp³-hybridized carbons (Fsp3) is 0.227. The van der Waals surface area contributed by atoms with E-state index in [1.54, 1.807) is 6.92 Å². The summed E-state index contributed by atoms with van der Waals surface area (Å²) in [7, 11) is 0. The second-order valence-electron chi connectivity index (χ2n) is 7.11. The molecule has 0 saturated heterocycles. The van der Waals surface area contributed by atoms with Crippen LogP contribution < -0.4 is 0 Å². The zero-order valence-corrected chi connectivity index (χ0v) is 16.6. The fourth-order valence-corrected chi connectivity index (χ4v) is 3.54. The lowest BCUT2D eigenvalue weighted by Crippen LogP contribution is -2.31. The number of nitrogens with one attached hydrogen (secondary N) is 1. The maximum atomic E-state index is 13.1. The van der Waals surface area contributed by atoms with Gasteiger partial charge in [-0.15, -0.1) is 5.10 Å². The van der Waals surface area contributed by atoms with Crippen molar-refractivity contribution in [3.8, 4) is 0 Å². The molecule has 0 radical (unpaired) electrons.